The molecule has 0 spiro atoms. The SMILES string of the molecule is CCc1ccc(OCCCC(CC(N)C(=O)O)C(=O)O)cc1. The van der Waals surface area contributed by atoms with Crippen molar-refractivity contribution in [3.05, 3.63) is 29.8 Å². The van der Waals surface area contributed by atoms with Crippen molar-refractivity contribution in [1.29, 1.82) is 0 Å². The lowest BCUT2D eigenvalue weighted by Gasteiger charge is -2.15. The second-order valence-corrected chi connectivity index (χ2v) is 5.20. The van der Waals surface area contributed by atoms with Gasteiger partial charge in [-0.1, -0.05) is 19.1 Å². The minimum atomic E-state index is -1.18. The number of carbonyl (C=O) groups is 2. The largest absolute Gasteiger partial charge is 0.494 e. The fourth-order valence-electron chi connectivity index (χ4n) is 2.09. The van der Waals surface area contributed by atoms with Crippen molar-refractivity contribution in [2.24, 2.45) is 11.7 Å². The molecule has 0 saturated heterocycles. The average Bonchev–Trinajstić information content (AvgIpc) is 2.50. The van der Waals surface area contributed by atoms with Crippen LogP contribution in [0.1, 0.15) is 31.7 Å². The molecule has 0 aromatic heterocycles. The van der Waals surface area contributed by atoms with Gasteiger partial charge in [0.05, 0.1) is 12.5 Å². The third-order valence-electron chi connectivity index (χ3n) is 3.50. The van der Waals surface area contributed by atoms with E-state index in [2.05, 4.69) is 6.92 Å². The molecule has 1 rings (SSSR count). The van der Waals surface area contributed by atoms with Crippen LogP contribution in [0, 0.1) is 5.92 Å². The monoisotopic (exact) mass is 309 g/mol. The molecular formula is C16H23NO5. The molecule has 0 radical (unpaired) electrons. The van der Waals surface area contributed by atoms with Gasteiger partial charge in [0.25, 0.3) is 0 Å². The molecule has 0 bridgehead atoms. The second kappa shape index (κ2) is 9.04. The minimum absolute atomic E-state index is 0.0735. The van der Waals surface area contributed by atoms with Gasteiger partial charge in [0.15, 0.2) is 0 Å². The van der Waals surface area contributed by atoms with Crippen molar-refractivity contribution < 1.29 is 24.5 Å². The molecule has 6 nitrogen and oxygen atoms in total. The molecule has 0 saturated carbocycles. The standard InChI is InChI=1S/C16H23NO5/c1-2-11-5-7-13(8-6-11)22-9-3-4-12(15(18)19)10-14(17)16(20)21/h5-8,12,14H,2-4,9-10,17H2,1H3,(H,18,19)(H,20,21). The first-order valence-corrected chi connectivity index (χ1v) is 7.37. The zero-order valence-corrected chi connectivity index (χ0v) is 12.7. The number of ether oxygens (including phenoxy) is 1. The molecule has 0 fully saturated rings. The van der Waals surface area contributed by atoms with Gasteiger partial charge in [-0.3, -0.25) is 9.59 Å². The molecule has 2 unspecified atom stereocenters. The lowest BCUT2D eigenvalue weighted by atomic mass is 9.95. The van der Waals surface area contributed by atoms with E-state index in [9.17, 15) is 9.59 Å². The number of aliphatic carboxylic acids is 2. The van der Waals surface area contributed by atoms with Crippen molar-refractivity contribution in [2.45, 2.75) is 38.6 Å². The summed E-state index contributed by atoms with van der Waals surface area (Å²) in [5, 5.41) is 17.8. The van der Waals surface area contributed by atoms with Crippen molar-refractivity contribution in [3.8, 4) is 5.75 Å². The van der Waals surface area contributed by atoms with Crippen LogP contribution in [-0.2, 0) is 16.0 Å². The average molecular weight is 309 g/mol. The fraction of sp³-hybridized carbons (Fsp3) is 0.500. The van der Waals surface area contributed by atoms with Crippen LogP contribution in [-0.4, -0.2) is 34.8 Å². The number of rotatable bonds is 10. The quantitative estimate of drug-likeness (QED) is 0.569. The lowest BCUT2D eigenvalue weighted by molar-refractivity contribution is -0.143. The summed E-state index contributed by atoms with van der Waals surface area (Å²) in [5.74, 6) is -2.23. The van der Waals surface area contributed by atoms with E-state index in [-0.39, 0.29) is 6.42 Å². The number of hydrogen-bond acceptors (Lipinski definition) is 4. The van der Waals surface area contributed by atoms with Gasteiger partial charge in [0, 0.05) is 0 Å². The molecule has 0 aliphatic rings. The highest BCUT2D eigenvalue weighted by Crippen LogP contribution is 2.16. The first-order chi connectivity index (χ1) is 10.4. The van der Waals surface area contributed by atoms with Crippen molar-refractivity contribution in [2.75, 3.05) is 6.61 Å². The molecule has 22 heavy (non-hydrogen) atoms. The van der Waals surface area contributed by atoms with Gasteiger partial charge in [0.1, 0.15) is 11.8 Å². The minimum Gasteiger partial charge on any atom is -0.494 e. The molecule has 1 aromatic rings. The van der Waals surface area contributed by atoms with Crippen LogP contribution >= 0.6 is 0 Å². The van der Waals surface area contributed by atoms with E-state index in [0.717, 1.165) is 12.2 Å². The summed E-state index contributed by atoms with van der Waals surface area (Å²) in [6, 6.07) is 6.59. The van der Waals surface area contributed by atoms with Gasteiger partial charge in [-0.25, -0.2) is 0 Å². The molecule has 0 aliphatic carbocycles. The van der Waals surface area contributed by atoms with E-state index in [4.69, 9.17) is 20.7 Å². The van der Waals surface area contributed by atoms with E-state index in [1.54, 1.807) is 0 Å². The van der Waals surface area contributed by atoms with Gasteiger partial charge in [-0.2, -0.15) is 0 Å². The summed E-state index contributed by atoms with van der Waals surface area (Å²) in [6.07, 6.45) is 1.75. The highest BCUT2D eigenvalue weighted by Gasteiger charge is 2.23. The normalized spacial score (nSPS) is 13.4. The fourth-order valence-corrected chi connectivity index (χ4v) is 2.09. The number of nitrogens with two attached hydrogens (primary N) is 1. The molecule has 0 aliphatic heterocycles. The smallest absolute Gasteiger partial charge is 0.320 e. The van der Waals surface area contributed by atoms with Crippen LogP contribution in [0.2, 0.25) is 0 Å². The van der Waals surface area contributed by atoms with Gasteiger partial charge < -0.3 is 20.7 Å². The molecule has 2 atom stereocenters. The number of benzene rings is 1. The van der Waals surface area contributed by atoms with Gasteiger partial charge in [-0.05, 0) is 43.4 Å². The first-order valence-electron chi connectivity index (χ1n) is 7.37. The Kier molecular flexibility index (Phi) is 7.39. The number of carboxylic acids is 2. The van der Waals surface area contributed by atoms with Crippen molar-refractivity contribution in [1.82, 2.24) is 0 Å². The highest BCUT2D eigenvalue weighted by atomic mass is 16.5. The van der Waals surface area contributed by atoms with E-state index >= 15 is 0 Å². The maximum Gasteiger partial charge on any atom is 0.320 e. The lowest BCUT2D eigenvalue weighted by Crippen LogP contribution is -2.34. The maximum atomic E-state index is 11.1. The maximum absolute atomic E-state index is 11.1. The first kappa shape index (κ1) is 18.0. The Morgan fingerprint density at radius 3 is 2.32 bits per heavy atom. The van der Waals surface area contributed by atoms with Crippen LogP contribution in [0.4, 0.5) is 0 Å². The Balaban J connectivity index is 2.36. The van der Waals surface area contributed by atoms with E-state index < -0.39 is 23.9 Å². The van der Waals surface area contributed by atoms with Gasteiger partial charge in [0.2, 0.25) is 0 Å². The zero-order valence-electron chi connectivity index (χ0n) is 12.7. The van der Waals surface area contributed by atoms with Crippen LogP contribution in [0.5, 0.6) is 5.75 Å². The van der Waals surface area contributed by atoms with Crippen LogP contribution in [0.15, 0.2) is 24.3 Å². The Hall–Kier alpha value is -2.08. The molecular weight excluding hydrogens is 286 g/mol. The summed E-state index contributed by atoms with van der Waals surface area (Å²) < 4.78 is 5.55. The molecule has 0 heterocycles. The highest BCUT2D eigenvalue weighted by molar-refractivity contribution is 5.75. The predicted octanol–water partition coefficient (Wildman–Crippen LogP) is 1.91. The number of carboxylic acid groups (broad SMARTS) is 2. The summed E-state index contributed by atoms with van der Waals surface area (Å²) in [6.45, 7) is 2.46. The summed E-state index contributed by atoms with van der Waals surface area (Å²) in [7, 11) is 0. The molecule has 4 N–H and O–H groups in total. The molecule has 1 aromatic carbocycles. The summed E-state index contributed by atoms with van der Waals surface area (Å²) >= 11 is 0. The van der Waals surface area contributed by atoms with E-state index in [0.29, 0.717) is 19.4 Å². The summed E-state index contributed by atoms with van der Waals surface area (Å²) in [5.41, 5.74) is 6.61. The Morgan fingerprint density at radius 1 is 1.18 bits per heavy atom. The number of hydrogen-bond donors (Lipinski definition) is 3. The molecule has 6 heteroatoms. The van der Waals surface area contributed by atoms with Crippen LogP contribution in [0.3, 0.4) is 0 Å². The Labute approximate surface area is 129 Å². The topological polar surface area (TPSA) is 110 Å². The Morgan fingerprint density at radius 2 is 1.82 bits per heavy atom. The summed E-state index contributed by atoms with van der Waals surface area (Å²) in [4.78, 5) is 21.8. The van der Waals surface area contributed by atoms with Crippen LogP contribution < -0.4 is 10.5 Å². The van der Waals surface area contributed by atoms with Gasteiger partial charge >= 0.3 is 11.9 Å². The van der Waals surface area contributed by atoms with Crippen molar-refractivity contribution in [3.63, 3.8) is 0 Å². The van der Waals surface area contributed by atoms with Crippen molar-refractivity contribution >= 4 is 11.9 Å². The third-order valence-corrected chi connectivity index (χ3v) is 3.50. The second-order valence-electron chi connectivity index (χ2n) is 5.20. The predicted molar refractivity (Wildman–Crippen MR) is 81.9 cm³/mol. The Bertz CT molecular complexity index is 486. The number of aryl methyl sites for hydroxylation is 1. The van der Waals surface area contributed by atoms with Crippen LogP contribution in [0.25, 0.3) is 0 Å². The third kappa shape index (κ3) is 6.13. The van der Waals surface area contributed by atoms with E-state index in [1.165, 1.54) is 5.56 Å². The molecule has 0 amide bonds. The van der Waals surface area contributed by atoms with Gasteiger partial charge in [-0.15, -0.1) is 0 Å². The zero-order chi connectivity index (χ0) is 16.5. The van der Waals surface area contributed by atoms with E-state index in [1.807, 2.05) is 24.3 Å². The molecule has 122 valence electrons.